The summed E-state index contributed by atoms with van der Waals surface area (Å²) in [6.45, 7) is 1.94. The minimum absolute atomic E-state index is 0.506. The lowest BCUT2D eigenvalue weighted by atomic mass is 10.2. The summed E-state index contributed by atoms with van der Waals surface area (Å²) < 4.78 is 6.06. The van der Waals surface area contributed by atoms with Gasteiger partial charge in [-0.05, 0) is 55.0 Å². The minimum Gasteiger partial charge on any atom is -0.438 e. The second kappa shape index (κ2) is 6.49. The van der Waals surface area contributed by atoms with Crippen LogP contribution in [0.3, 0.4) is 0 Å². The van der Waals surface area contributed by atoms with Gasteiger partial charge in [0, 0.05) is 23.0 Å². The van der Waals surface area contributed by atoms with Crippen molar-refractivity contribution in [2.75, 3.05) is 0 Å². The summed E-state index contributed by atoms with van der Waals surface area (Å²) in [7, 11) is 0. The summed E-state index contributed by atoms with van der Waals surface area (Å²) in [5.74, 6) is 1.77. The monoisotopic (exact) mass is 347 g/mol. The fourth-order valence-corrected chi connectivity index (χ4v) is 2.66. The Hall–Kier alpha value is -2.98. The third-order valence-corrected chi connectivity index (χ3v) is 4.26. The van der Waals surface area contributed by atoms with Gasteiger partial charge in [-0.1, -0.05) is 23.7 Å². The maximum Gasteiger partial charge on any atom is 0.230 e. The summed E-state index contributed by atoms with van der Waals surface area (Å²) in [6, 6.07) is 17.1. The molecule has 0 atom stereocenters. The fourth-order valence-electron chi connectivity index (χ4n) is 2.54. The van der Waals surface area contributed by atoms with E-state index in [0.717, 1.165) is 22.0 Å². The highest BCUT2D eigenvalue weighted by molar-refractivity contribution is 6.31. The molecule has 0 spiro atoms. The molecule has 0 saturated heterocycles. The molecule has 122 valence electrons. The predicted octanol–water partition coefficient (Wildman–Crippen LogP) is 5.45. The average Bonchev–Trinajstić information content (AvgIpc) is 2.65. The highest BCUT2D eigenvalue weighted by Gasteiger charge is 2.11. The average molecular weight is 348 g/mol. The topological polar surface area (TPSA) is 47.9 Å². The van der Waals surface area contributed by atoms with Crippen LogP contribution in [0.1, 0.15) is 5.56 Å². The normalized spacial score (nSPS) is 10.8. The Morgan fingerprint density at radius 2 is 1.84 bits per heavy atom. The van der Waals surface area contributed by atoms with E-state index in [9.17, 15) is 0 Å². The highest BCUT2D eigenvalue weighted by Crippen LogP contribution is 2.31. The van der Waals surface area contributed by atoms with Gasteiger partial charge in [0.15, 0.2) is 5.82 Å². The Morgan fingerprint density at radius 1 is 0.960 bits per heavy atom. The smallest absolute Gasteiger partial charge is 0.230 e. The van der Waals surface area contributed by atoms with Gasteiger partial charge in [-0.15, -0.1) is 0 Å². The van der Waals surface area contributed by atoms with Gasteiger partial charge < -0.3 is 4.74 Å². The van der Waals surface area contributed by atoms with E-state index >= 15 is 0 Å². The first-order valence-electron chi connectivity index (χ1n) is 7.82. The van der Waals surface area contributed by atoms with Gasteiger partial charge in [0.25, 0.3) is 0 Å². The molecular weight excluding hydrogens is 334 g/mol. The van der Waals surface area contributed by atoms with Crippen LogP contribution in [0.2, 0.25) is 5.02 Å². The summed E-state index contributed by atoms with van der Waals surface area (Å²) >= 11 is 6.10. The van der Waals surface area contributed by atoms with Crippen LogP contribution in [0.4, 0.5) is 0 Å². The van der Waals surface area contributed by atoms with Crippen molar-refractivity contribution in [1.29, 1.82) is 0 Å². The molecule has 4 aromatic rings. The Labute approximate surface area is 150 Å². The molecule has 0 aliphatic carbocycles. The van der Waals surface area contributed by atoms with Gasteiger partial charge in [0.2, 0.25) is 5.88 Å². The third kappa shape index (κ3) is 3.16. The van der Waals surface area contributed by atoms with Crippen molar-refractivity contribution in [2.45, 2.75) is 6.92 Å². The lowest BCUT2D eigenvalue weighted by Gasteiger charge is -2.11. The molecule has 0 aliphatic heterocycles. The van der Waals surface area contributed by atoms with Crippen molar-refractivity contribution in [2.24, 2.45) is 0 Å². The molecule has 0 radical (unpaired) electrons. The van der Waals surface area contributed by atoms with E-state index in [1.165, 1.54) is 0 Å². The molecule has 2 aromatic heterocycles. The van der Waals surface area contributed by atoms with E-state index in [1.54, 1.807) is 12.4 Å². The molecule has 2 heterocycles. The molecule has 0 amide bonds. The van der Waals surface area contributed by atoms with Crippen LogP contribution in [0, 0.1) is 6.92 Å². The molecule has 4 nitrogen and oxygen atoms in total. The number of hydrogen-bond acceptors (Lipinski definition) is 4. The third-order valence-electron chi connectivity index (χ3n) is 3.83. The Bertz CT molecular complexity index is 1050. The number of aromatic nitrogens is 3. The van der Waals surface area contributed by atoms with E-state index in [1.807, 2.05) is 61.5 Å². The molecule has 0 N–H and O–H groups in total. The Kier molecular flexibility index (Phi) is 4.04. The summed E-state index contributed by atoms with van der Waals surface area (Å²) in [6.07, 6.45) is 3.46. The summed E-state index contributed by atoms with van der Waals surface area (Å²) in [4.78, 5) is 13.4. The van der Waals surface area contributed by atoms with Crippen molar-refractivity contribution >= 4 is 22.5 Å². The van der Waals surface area contributed by atoms with Crippen LogP contribution in [-0.2, 0) is 0 Å². The minimum atomic E-state index is 0.506. The SMILES string of the molecule is Cc1cc(Oc2nc(-c3cccnc3)nc3ccccc23)ccc1Cl. The number of hydrogen-bond donors (Lipinski definition) is 0. The van der Waals surface area contributed by atoms with Crippen molar-refractivity contribution in [1.82, 2.24) is 15.0 Å². The molecule has 4 rings (SSSR count). The highest BCUT2D eigenvalue weighted by atomic mass is 35.5. The Balaban J connectivity index is 1.85. The molecule has 0 unspecified atom stereocenters. The first-order valence-corrected chi connectivity index (χ1v) is 8.20. The molecule has 0 saturated carbocycles. The van der Waals surface area contributed by atoms with Crippen LogP contribution in [0.5, 0.6) is 11.6 Å². The number of pyridine rings is 1. The van der Waals surface area contributed by atoms with E-state index < -0.39 is 0 Å². The molecule has 25 heavy (non-hydrogen) atoms. The molecule has 2 aromatic carbocycles. The molecule has 5 heteroatoms. The Morgan fingerprint density at radius 3 is 2.64 bits per heavy atom. The number of ether oxygens (including phenoxy) is 1. The number of rotatable bonds is 3. The molecule has 0 aliphatic rings. The van der Waals surface area contributed by atoms with Crippen LogP contribution in [0.25, 0.3) is 22.3 Å². The van der Waals surface area contributed by atoms with Crippen molar-refractivity contribution < 1.29 is 4.74 Å². The van der Waals surface area contributed by atoms with E-state index in [4.69, 9.17) is 16.3 Å². The van der Waals surface area contributed by atoms with Crippen molar-refractivity contribution in [3.63, 3.8) is 0 Å². The number of fused-ring (bicyclic) bond motifs is 1. The second-order valence-corrected chi connectivity index (χ2v) is 6.03. The lowest BCUT2D eigenvalue weighted by Crippen LogP contribution is -1.96. The first kappa shape index (κ1) is 15.5. The van der Waals surface area contributed by atoms with Gasteiger partial charge in [-0.3, -0.25) is 4.98 Å². The number of halogens is 1. The van der Waals surface area contributed by atoms with Crippen molar-refractivity contribution in [3.8, 4) is 23.0 Å². The van der Waals surface area contributed by atoms with Crippen LogP contribution < -0.4 is 4.74 Å². The van der Waals surface area contributed by atoms with Gasteiger partial charge >= 0.3 is 0 Å². The molecule has 0 fully saturated rings. The van der Waals surface area contributed by atoms with Crippen molar-refractivity contribution in [3.05, 3.63) is 77.6 Å². The number of para-hydroxylation sites is 1. The number of aryl methyl sites for hydroxylation is 1. The molecular formula is C20H14ClN3O. The van der Waals surface area contributed by atoms with Crippen LogP contribution >= 0.6 is 11.6 Å². The number of nitrogens with zero attached hydrogens (tertiary/aromatic N) is 3. The van der Waals surface area contributed by atoms with Gasteiger partial charge in [0.05, 0.1) is 10.9 Å². The zero-order valence-corrected chi connectivity index (χ0v) is 14.2. The summed E-state index contributed by atoms with van der Waals surface area (Å²) in [5.41, 5.74) is 2.60. The first-order chi connectivity index (χ1) is 12.2. The predicted molar refractivity (Wildman–Crippen MR) is 99.0 cm³/mol. The number of benzene rings is 2. The van der Waals surface area contributed by atoms with Crippen LogP contribution in [0.15, 0.2) is 67.0 Å². The van der Waals surface area contributed by atoms with E-state index in [0.29, 0.717) is 22.5 Å². The standard InChI is InChI=1S/C20H14ClN3O/c1-13-11-15(8-9-17(13)21)25-20-16-6-2-3-7-18(16)23-19(24-20)14-5-4-10-22-12-14/h2-12H,1H3. The lowest BCUT2D eigenvalue weighted by molar-refractivity contribution is 0.468. The maximum atomic E-state index is 6.10. The summed E-state index contributed by atoms with van der Waals surface area (Å²) in [5, 5.41) is 1.55. The van der Waals surface area contributed by atoms with Gasteiger partial charge in [0.1, 0.15) is 5.75 Å². The largest absolute Gasteiger partial charge is 0.438 e. The van der Waals surface area contributed by atoms with Crippen LogP contribution in [-0.4, -0.2) is 15.0 Å². The maximum absolute atomic E-state index is 6.10. The second-order valence-electron chi connectivity index (χ2n) is 5.62. The zero-order chi connectivity index (χ0) is 17.2. The van der Waals surface area contributed by atoms with E-state index in [-0.39, 0.29) is 0 Å². The van der Waals surface area contributed by atoms with Gasteiger partial charge in [-0.25, -0.2) is 4.98 Å². The van der Waals surface area contributed by atoms with E-state index in [2.05, 4.69) is 15.0 Å². The fraction of sp³-hybridized carbons (Fsp3) is 0.0500. The van der Waals surface area contributed by atoms with Gasteiger partial charge in [-0.2, -0.15) is 4.98 Å². The zero-order valence-electron chi connectivity index (χ0n) is 13.5. The quantitative estimate of drug-likeness (QED) is 0.494. The molecule has 0 bridgehead atoms.